The van der Waals surface area contributed by atoms with Gasteiger partial charge in [0, 0.05) is 37.3 Å². The summed E-state index contributed by atoms with van der Waals surface area (Å²) >= 11 is 0. The van der Waals surface area contributed by atoms with Crippen molar-refractivity contribution >= 4 is 21.4 Å². The molecule has 1 aliphatic heterocycles. The Balaban J connectivity index is 1.14. The third-order valence-corrected chi connectivity index (χ3v) is 17.7. The first-order valence-electron chi connectivity index (χ1n) is 19.5. The molecule has 1 unspecified atom stereocenters. The number of methoxy groups -OCH3 is 1. The van der Waals surface area contributed by atoms with E-state index >= 15 is 0 Å². The molecule has 1 heterocycles. The summed E-state index contributed by atoms with van der Waals surface area (Å²) < 4.78 is 29.0. The van der Waals surface area contributed by atoms with E-state index in [1.807, 2.05) is 12.1 Å². The standard InChI is InChI=1S/C42H63N3O4S/c1-28(2)31-14-19-41(44-22-23-45-24-26-50(47,48)27-25-45)20-21-42(43)33(36(31)41)12-13-35-39(5)17-15-32(29-8-10-30(11-9-29)37(46)49-7)38(3,4)34(39)16-18-40(35,42)6/h8-11,15,31,33-36,44H,1,12-14,16-27,43H2,2-7H3/t31-,33+,34-,35+,36+,39-,40+,41?,42-/m0/s1. The number of fused-ring (bicyclic) bond motifs is 7. The zero-order valence-corrected chi connectivity index (χ0v) is 32.5. The van der Waals surface area contributed by atoms with Crippen LogP contribution < -0.4 is 11.1 Å². The second-order valence-electron chi connectivity index (χ2n) is 18.5. The molecule has 4 saturated carbocycles. The summed E-state index contributed by atoms with van der Waals surface area (Å²) in [5.74, 6) is 2.84. The number of nitrogens with two attached hydrogens (primary N) is 1. The number of carbonyl (C=O) groups excluding carboxylic acids is 1. The van der Waals surface area contributed by atoms with Gasteiger partial charge < -0.3 is 20.7 Å². The van der Waals surface area contributed by atoms with Gasteiger partial charge in [0.05, 0.1) is 24.2 Å². The number of esters is 1. The largest absolute Gasteiger partial charge is 0.465 e. The molecule has 0 radical (unpaired) electrons. The van der Waals surface area contributed by atoms with Crippen LogP contribution >= 0.6 is 0 Å². The Labute approximate surface area is 302 Å². The van der Waals surface area contributed by atoms with Gasteiger partial charge >= 0.3 is 5.97 Å². The lowest BCUT2D eigenvalue weighted by Crippen LogP contribution is -2.75. The predicted octanol–water partition coefficient (Wildman–Crippen LogP) is 6.89. The Bertz CT molecular complexity index is 1640. The van der Waals surface area contributed by atoms with Crippen molar-refractivity contribution in [3.63, 3.8) is 0 Å². The summed E-state index contributed by atoms with van der Waals surface area (Å²) in [6, 6.07) is 8.02. The number of rotatable bonds is 7. The number of ether oxygens (including phenoxy) is 1. The summed E-state index contributed by atoms with van der Waals surface area (Å²) in [5, 5.41) is 4.16. The summed E-state index contributed by atoms with van der Waals surface area (Å²) in [6.07, 6.45) is 12.9. The van der Waals surface area contributed by atoms with Crippen molar-refractivity contribution in [1.82, 2.24) is 10.2 Å². The van der Waals surface area contributed by atoms with E-state index in [4.69, 9.17) is 10.5 Å². The minimum atomic E-state index is -2.87. The number of carbonyl (C=O) groups is 1. The maximum absolute atomic E-state index is 12.1. The summed E-state index contributed by atoms with van der Waals surface area (Å²) in [5.41, 5.74) is 12.7. The Morgan fingerprint density at radius 1 is 0.980 bits per heavy atom. The highest BCUT2D eigenvalue weighted by Gasteiger charge is 2.71. The fourth-order valence-corrected chi connectivity index (χ4v) is 14.9. The Hall–Kier alpha value is -2.00. The van der Waals surface area contributed by atoms with E-state index in [-0.39, 0.29) is 44.8 Å². The Morgan fingerprint density at radius 3 is 2.34 bits per heavy atom. The highest BCUT2D eigenvalue weighted by molar-refractivity contribution is 7.91. The van der Waals surface area contributed by atoms with Gasteiger partial charge in [0.25, 0.3) is 0 Å². The highest BCUT2D eigenvalue weighted by atomic mass is 32.2. The van der Waals surface area contributed by atoms with E-state index in [1.165, 1.54) is 62.3 Å². The highest BCUT2D eigenvalue weighted by Crippen LogP contribution is 2.73. The van der Waals surface area contributed by atoms with Gasteiger partial charge in [0.1, 0.15) is 0 Å². The van der Waals surface area contributed by atoms with Gasteiger partial charge in [-0.25, -0.2) is 13.2 Å². The number of hydrogen-bond donors (Lipinski definition) is 2. The van der Waals surface area contributed by atoms with Crippen LogP contribution in [0.1, 0.15) is 108 Å². The molecule has 50 heavy (non-hydrogen) atoms. The van der Waals surface area contributed by atoms with E-state index in [1.54, 1.807) is 0 Å². The monoisotopic (exact) mass is 705 g/mol. The lowest BCUT2D eigenvalue weighted by atomic mass is 9.34. The maximum Gasteiger partial charge on any atom is 0.337 e. The summed E-state index contributed by atoms with van der Waals surface area (Å²) in [6.45, 7) is 20.0. The molecule has 0 spiro atoms. The smallest absolute Gasteiger partial charge is 0.337 e. The zero-order chi connectivity index (χ0) is 35.9. The molecular weight excluding hydrogens is 643 g/mol. The van der Waals surface area contributed by atoms with Gasteiger partial charge in [0.2, 0.25) is 0 Å². The maximum atomic E-state index is 12.1. The number of nitrogens with one attached hydrogen (secondary N) is 1. The zero-order valence-electron chi connectivity index (χ0n) is 31.7. The lowest BCUT2D eigenvalue weighted by molar-refractivity contribution is -0.186. The van der Waals surface area contributed by atoms with Crippen LogP contribution in [0.3, 0.4) is 0 Å². The van der Waals surface area contributed by atoms with Crippen LogP contribution in [-0.2, 0) is 14.6 Å². The van der Waals surface area contributed by atoms with E-state index in [0.29, 0.717) is 48.2 Å². The van der Waals surface area contributed by atoms with Crippen molar-refractivity contribution in [1.29, 1.82) is 0 Å². The molecule has 5 aliphatic carbocycles. The minimum absolute atomic E-state index is 0.000401. The van der Waals surface area contributed by atoms with Crippen LogP contribution in [0.15, 0.2) is 42.5 Å². The van der Waals surface area contributed by atoms with Crippen LogP contribution in [0, 0.1) is 45.8 Å². The molecule has 276 valence electrons. The van der Waals surface area contributed by atoms with Crippen molar-refractivity contribution < 1.29 is 17.9 Å². The molecule has 0 aromatic heterocycles. The molecule has 8 heteroatoms. The van der Waals surface area contributed by atoms with Gasteiger partial charge in [-0.15, -0.1) is 0 Å². The second-order valence-corrected chi connectivity index (χ2v) is 20.8. The van der Waals surface area contributed by atoms with Crippen molar-refractivity contribution in [2.75, 3.05) is 44.8 Å². The first-order chi connectivity index (χ1) is 23.5. The van der Waals surface area contributed by atoms with Crippen LogP contribution in [0.2, 0.25) is 0 Å². The molecule has 9 atom stereocenters. The Kier molecular flexibility index (Phi) is 9.13. The van der Waals surface area contributed by atoms with Gasteiger partial charge in [0.15, 0.2) is 9.84 Å². The predicted molar refractivity (Wildman–Crippen MR) is 202 cm³/mol. The second kappa shape index (κ2) is 12.6. The molecule has 3 N–H and O–H groups in total. The van der Waals surface area contributed by atoms with E-state index in [9.17, 15) is 13.2 Å². The van der Waals surface area contributed by atoms with Crippen LogP contribution in [-0.4, -0.2) is 75.2 Å². The SMILES string of the molecule is C=C(C)[C@@H]1CCC2(NCCN3CCS(=O)(=O)CC3)CC[C@]3(N)[C@H](CC[C@@H]4[C@@]5(C)CC=C(c6ccc(C(=O)OC)cc6)C(C)(C)[C@@H]5CC[C@]43C)[C@@H]12. The summed E-state index contributed by atoms with van der Waals surface area (Å²) in [4.78, 5) is 14.5. The average molecular weight is 706 g/mol. The number of hydrogen-bond acceptors (Lipinski definition) is 7. The van der Waals surface area contributed by atoms with Crippen LogP contribution in [0.25, 0.3) is 5.57 Å². The number of allylic oxidation sites excluding steroid dienone is 3. The average Bonchev–Trinajstić information content (AvgIpc) is 3.45. The van der Waals surface area contributed by atoms with Crippen molar-refractivity contribution in [3.8, 4) is 0 Å². The number of nitrogens with zero attached hydrogens (tertiary/aromatic N) is 1. The Morgan fingerprint density at radius 2 is 1.68 bits per heavy atom. The molecule has 1 aromatic rings. The lowest BCUT2D eigenvalue weighted by Gasteiger charge is -2.72. The molecule has 5 fully saturated rings. The molecular formula is C42H63N3O4S. The van der Waals surface area contributed by atoms with Gasteiger partial charge in [-0.05, 0) is 134 Å². The van der Waals surface area contributed by atoms with E-state index in [2.05, 4.69) is 69.6 Å². The molecule has 7 rings (SSSR count). The molecule has 0 bridgehead atoms. The van der Waals surface area contributed by atoms with Gasteiger partial charge in [-0.1, -0.05) is 58.1 Å². The van der Waals surface area contributed by atoms with Gasteiger partial charge in [-0.2, -0.15) is 0 Å². The first-order valence-corrected chi connectivity index (χ1v) is 21.3. The van der Waals surface area contributed by atoms with Crippen LogP contribution in [0.5, 0.6) is 0 Å². The fraction of sp³-hybridized carbons (Fsp3) is 0.738. The molecule has 7 nitrogen and oxygen atoms in total. The molecule has 6 aliphatic rings. The van der Waals surface area contributed by atoms with E-state index < -0.39 is 9.84 Å². The minimum Gasteiger partial charge on any atom is -0.465 e. The van der Waals surface area contributed by atoms with Crippen molar-refractivity contribution in [2.24, 2.45) is 51.6 Å². The first kappa shape index (κ1) is 36.4. The van der Waals surface area contributed by atoms with Crippen LogP contribution in [0.4, 0.5) is 0 Å². The normalized spacial score (nSPS) is 41.9. The fourth-order valence-electron chi connectivity index (χ4n) is 13.6. The third kappa shape index (κ3) is 5.51. The van der Waals surface area contributed by atoms with Crippen molar-refractivity contribution in [2.45, 2.75) is 103 Å². The molecule has 0 amide bonds. The number of benzene rings is 1. The third-order valence-electron chi connectivity index (χ3n) is 16.1. The van der Waals surface area contributed by atoms with Gasteiger partial charge in [-0.3, -0.25) is 0 Å². The van der Waals surface area contributed by atoms with Crippen molar-refractivity contribution in [3.05, 3.63) is 53.6 Å². The number of sulfone groups is 1. The molecule has 1 aromatic carbocycles. The molecule has 1 saturated heterocycles. The quantitative estimate of drug-likeness (QED) is 0.236. The summed E-state index contributed by atoms with van der Waals surface area (Å²) in [7, 11) is -1.44. The van der Waals surface area contributed by atoms with E-state index in [0.717, 1.165) is 32.4 Å². The topological polar surface area (TPSA) is 102 Å².